The molecule has 3 nitrogen and oxygen atoms in total. The lowest BCUT2D eigenvalue weighted by atomic mass is 9.83. The average Bonchev–Trinajstić information content (AvgIpc) is 2.53. The third-order valence-corrected chi connectivity index (χ3v) is 3.50. The molecule has 1 aliphatic heterocycles. The van der Waals surface area contributed by atoms with Gasteiger partial charge in [-0.25, -0.2) is 0 Å². The van der Waals surface area contributed by atoms with E-state index >= 15 is 0 Å². The highest BCUT2D eigenvalue weighted by Gasteiger charge is 2.60. The van der Waals surface area contributed by atoms with Crippen LogP contribution in [0.2, 0.25) is 0 Å². The van der Waals surface area contributed by atoms with Crippen molar-refractivity contribution in [1.29, 1.82) is 0 Å². The maximum atomic E-state index is 6.01. The summed E-state index contributed by atoms with van der Waals surface area (Å²) in [5.41, 5.74) is 0.982. The Morgan fingerprint density at radius 2 is 2.40 bits per heavy atom. The van der Waals surface area contributed by atoms with Gasteiger partial charge in [-0.1, -0.05) is 12.2 Å². The van der Waals surface area contributed by atoms with Crippen molar-refractivity contribution < 1.29 is 14.2 Å². The van der Waals surface area contributed by atoms with Gasteiger partial charge in [0.1, 0.15) is 13.4 Å². The molecular weight excluding hydrogens is 191 g/mol. The molecule has 0 spiro atoms. The number of hydrogen-bond donors (Lipinski definition) is 0. The topological polar surface area (TPSA) is 27.7 Å². The molecule has 2 aliphatic rings. The van der Waals surface area contributed by atoms with Crippen molar-refractivity contribution in [2.75, 3.05) is 20.3 Å². The number of fused-ring (bicyclic) bond motifs is 2. The van der Waals surface area contributed by atoms with Crippen LogP contribution in [0.15, 0.2) is 12.2 Å². The fourth-order valence-electron chi connectivity index (χ4n) is 3.12. The Kier molecular flexibility index (Phi) is 2.93. The zero-order valence-electron chi connectivity index (χ0n) is 9.79. The standard InChI is InChI=1S/C11H19BO3/c1-4-14-9-8-7(2)5-11(9,6-13-3)15-10(8)12/h8-10H,2,4-6,12H2,1,3H3/t8-,9?,10+,11-/m0/s1. The van der Waals surface area contributed by atoms with E-state index in [2.05, 4.69) is 14.4 Å². The predicted octanol–water partition coefficient (Wildman–Crippen LogP) is 0.342. The molecule has 84 valence electrons. The van der Waals surface area contributed by atoms with Crippen LogP contribution in [0.5, 0.6) is 0 Å². The molecule has 0 N–H and O–H groups in total. The third-order valence-electron chi connectivity index (χ3n) is 3.50. The van der Waals surface area contributed by atoms with Crippen LogP contribution < -0.4 is 0 Å². The zero-order chi connectivity index (χ0) is 11.1. The van der Waals surface area contributed by atoms with E-state index in [0.717, 1.165) is 13.0 Å². The minimum atomic E-state index is -0.272. The van der Waals surface area contributed by atoms with E-state index in [1.165, 1.54) is 5.57 Å². The molecule has 1 heterocycles. The first-order valence-electron chi connectivity index (χ1n) is 5.60. The molecule has 0 radical (unpaired) electrons. The highest BCUT2D eigenvalue weighted by Crippen LogP contribution is 2.51. The van der Waals surface area contributed by atoms with Crippen LogP contribution in [-0.2, 0) is 14.2 Å². The highest BCUT2D eigenvalue weighted by molar-refractivity contribution is 6.11. The first-order chi connectivity index (χ1) is 7.14. The maximum absolute atomic E-state index is 6.01. The maximum Gasteiger partial charge on any atom is 0.140 e. The zero-order valence-corrected chi connectivity index (χ0v) is 9.79. The predicted molar refractivity (Wildman–Crippen MR) is 60.7 cm³/mol. The van der Waals surface area contributed by atoms with Crippen molar-refractivity contribution in [3.63, 3.8) is 0 Å². The van der Waals surface area contributed by atoms with Crippen molar-refractivity contribution in [1.82, 2.24) is 0 Å². The van der Waals surface area contributed by atoms with E-state index < -0.39 is 0 Å². The van der Waals surface area contributed by atoms with Crippen LogP contribution in [0.1, 0.15) is 13.3 Å². The number of ether oxygens (including phenoxy) is 3. The van der Waals surface area contributed by atoms with Gasteiger partial charge in [-0.3, -0.25) is 0 Å². The summed E-state index contributed by atoms with van der Waals surface area (Å²) in [6, 6.07) is 0.206. The molecule has 2 fully saturated rings. The van der Waals surface area contributed by atoms with Crippen LogP contribution in [-0.4, -0.2) is 45.9 Å². The summed E-state index contributed by atoms with van der Waals surface area (Å²) in [4.78, 5) is 0. The smallest absolute Gasteiger partial charge is 0.140 e. The normalized spacial score (nSPS) is 43.9. The van der Waals surface area contributed by atoms with Gasteiger partial charge < -0.3 is 14.2 Å². The van der Waals surface area contributed by atoms with Gasteiger partial charge in [-0.2, -0.15) is 0 Å². The summed E-state index contributed by atoms with van der Waals surface area (Å²) in [5.74, 6) is 0.347. The second-order valence-corrected chi connectivity index (χ2v) is 4.56. The van der Waals surface area contributed by atoms with Crippen LogP contribution in [0.4, 0.5) is 0 Å². The van der Waals surface area contributed by atoms with E-state index in [4.69, 9.17) is 14.2 Å². The summed E-state index contributed by atoms with van der Waals surface area (Å²) in [6.45, 7) is 7.46. The van der Waals surface area contributed by atoms with Crippen LogP contribution >= 0.6 is 0 Å². The quantitative estimate of drug-likeness (QED) is 0.494. The molecule has 4 atom stereocenters. The monoisotopic (exact) mass is 210 g/mol. The van der Waals surface area contributed by atoms with Gasteiger partial charge in [0.15, 0.2) is 0 Å². The second-order valence-electron chi connectivity index (χ2n) is 4.56. The summed E-state index contributed by atoms with van der Waals surface area (Å²) >= 11 is 0. The second kappa shape index (κ2) is 3.93. The fraction of sp³-hybridized carbons (Fsp3) is 0.818. The summed E-state index contributed by atoms with van der Waals surface area (Å²) < 4.78 is 17.1. The summed E-state index contributed by atoms with van der Waals surface area (Å²) in [5, 5.41) is 0. The van der Waals surface area contributed by atoms with Gasteiger partial charge in [0.2, 0.25) is 0 Å². The fourth-order valence-corrected chi connectivity index (χ4v) is 3.12. The van der Waals surface area contributed by atoms with Crippen molar-refractivity contribution in [3.05, 3.63) is 12.2 Å². The molecule has 0 aromatic carbocycles. The van der Waals surface area contributed by atoms with E-state index in [9.17, 15) is 0 Å². The average molecular weight is 210 g/mol. The third kappa shape index (κ3) is 1.55. The Labute approximate surface area is 92.2 Å². The Balaban J connectivity index is 2.23. The van der Waals surface area contributed by atoms with Gasteiger partial charge in [0.25, 0.3) is 0 Å². The number of methoxy groups -OCH3 is 1. The molecular formula is C11H19BO3. The first-order valence-corrected chi connectivity index (χ1v) is 5.60. The lowest BCUT2D eigenvalue weighted by Crippen LogP contribution is -2.43. The molecule has 2 rings (SSSR count). The van der Waals surface area contributed by atoms with Gasteiger partial charge in [-0.15, -0.1) is 0 Å². The van der Waals surface area contributed by atoms with Crippen molar-refractivity contribution in [2.24, 2.45) is 5.92 Å². The molecule has 1 unspecified atom stereocenters. The van der Waals surface area contributed by atoms with E-state index in [-0.39, 0.29) is 17.7 Å². The van der Waals surface area contributed by atoms with E-state index in [1.54, 1.807) is 7.11 Å². The number of rotatable bonds is 4. The Morgan fingerprint density at radius 1 is 1.67 bits per heavy atom. The van der Waals surface area contributed by atoms with E-state index in [0.29, 0.717) is 12.5 Å². The van der Waals surface area contributed by atoms with Crippen molar-refractivity contribution >= 4 is 7.85 Å². The van der Waals surface area contributed by atoms with Gasteiger partial charge in [0, 0.05) is 32.1 Å². The van der Waals surface area contributed by atoms with Crippen LogP contribution in [0.25, 0.3) is 0 Å². The Morgan fingerprint density at radius 3 is 2.93 bits per heavy atom. The van der Waals surface area contributed by atoms with Crippen LogP contribution in [0, 0.1) is 5.92 Å². The molecule has 0 aromatic heterocycles. The lowest BCUT2D eigenvalue weighted by Gasteiger charge is -2.31. The highest BCUT2D eigenvalue weighted by atomic mass is 16.6. The molecule has 0 amide bonds. The molecule has 1 saturated carbocycles. The molecule has 1 aliphatic carbocycles. The lowest BCUT2D eigenvalue weighted by molar-refractivity contribution is -0.117. The van der Waals surface area contributed by atoms with Gasteiger partial charge in [-0.05, 0) is 6.92 Å². The first kappa shape index (κ1) is 11.2. The summed E-state index contributed by atoms with van der Waals surface area (Å²) in [7, 11) is 3.80. The number of hydrogen-bond acceptors (Lipinski definition) is 3. The molecule has 1 saturated heterocycles. The van der Waals surface area contributed by atoms with Gasteiger partial charge >= 0.3 is 0 Å². The van der Waals surface area contributed by atoms with Crippen molar-refractivity contribution in [2.45, 2.75) is 31.1 Å². The Bertz CT molecular complexity index is 269. The molecule has 4 heteroatoms. The van der Waals surface area contributed by atoms with Crippen molar-refractivity contribution in [3.8, 4) is 0 Å². The molecule has 2 bridgehead atoms. The molecule has 15 heavy (non-hydrogen) atoms. The Hall–Kier alpha value is -0.315. The molecule has 0 aromatic rings. The van der Waals surface area contributed by atoms with Crippen LogP contribution in [0.3, 0.4) is 0 Å². The van der Waals surface area contributed by atoms with E-state index in [1.807, 2.05) is 6.92 Å². The minimum absolute atomic E-state index is 0.130. The minimum Gasteiger partial charge on any atom is -0.382 e. The summed E-state index contributed by atoms with van der Waals surface area (Å²) in [6.07, 6.45) is 1.01. The SMILES string of the molecule is B[C@@H]1O[C@]2(COC)CC(=C)[C@H]1C2OCC. The van der Waals surface area contributed by atoms with Gasteiger partial charge in [0.05, 0.1) is 12.7 Å². The largest absolute Gasteiger partial charge is 0.382 e.